The Balaban J connectivity index is 2.18. The second-order valence-corrected chi connectivity index (χ2v) is 4.24. The van der Waals surface area contributed by atoms with Gasteiger partial charge in [0.15, 0.2) is 0 Å². The first-order valence-electron chi connectivity index (χ1n) is 5.79. The summed E-state index contributed by atoms with van der Waals surface area (Å²) >= 11 is 0. The van der Waals surface area contributed by atoms with E-state index in [0.717, 1.165) is 5.56 Å². The zero-order chi connectivity index (χ0) is 13.1. The fourth-order valence-electron chi connectivity index (χ4n) is 1.97. The van der Waals surface area contributed by atoms with E-state index in [1.807, 2.05) is 12.1 Å². The molecule has 0 saturated carbocycles. The fourth-order valence-corrected chi connectivity index (χ4v) is 1.97. The second kappa shape index (κ2) is 5.18. The van der Waals surface area contributed by atoms with Crippen LogP contribution in [0, 0.1) is 0 Å². The van der Waals surface area contributed by atoms with Crippen molar-refractivity contribution in [2.45, 2.75) is 6.04 Å². The quantitative estimate of drug-likeness (QED) is 0.832. The summed E-state index contributed by atoms with van der Waals surface area (Å²) in [6.07, 6.45) is 0. The van der Waals surface area contributed by atoms with Crippen LogP contribution in [0.25, 0.3) is 0 Å². The highest BCUT2D eigenvalue weighted by molar-refractivity contribution is 5.94. The van der Waals surface area contributed by atoms with Gasteiger partial charge in [0.1, 0.15) is 6.61 Å². The molecule has 0 aliphatic carbocycles. The number of carbonyl (C=O) groups is 2. The van der Waals surface area contributed by atoms with Gasteiger partial charge in [0.05, 0.1) is 12.6 Å². The predicted octanol–water partition coefficient (Wildman–Crippen LogP) is 0.576. The Morgan fingerprint density at radius 2 is 2.06 bits per heavy atom. The molecule has 18 heavy (non-hydrogen) atoms. The van der Waals surface area contributed by atoms with Crippen LogP contribution in [-0.2, 0) is 9.53 Å². The molecule has 1 atom stereocenters. The first kappa shape index (κ1) is 12.6. The number of nitrogens with zero attached hydrogens (tertiary/aromatic N) is 1. The monoisotopic (exact) mass is 248 g/mol. The number of hydrogen-bond donors (Lipinski definition) is 1. The molecule has 1 fully saturated rings. The third kappa shape index (κ3) is 2.36. The average Bonchev–Trinajstić information content (AvgIpc) is 2.41. The number of benzene rings is 1. The van der Waals surface area contributed by atoms with Crippen molar-refractivity contribution in [1.82, 2.24) is 10.2 Å². The molecule has 0 bridgehead atoms. The first-order chi connectivity index (χ1) is 8.63. The van der Waals surface area contributed by atoms with Gasteiger partial charge in [-0.15, -0.1) is 0 Å². The second-order valence-electron chi connectivity index (χ2n) is 4.24. The van der Waals surface area contributed by atoms with Crippen LogP contribution in [-0.4, -0.2) is 44.0 Å². The Morgan fingerprint density at radius 3 is 2.67 bits per heavy atom. The summed E-state index contributed by atoms with van der Waals surface area (Å²) in [4.78, 5) is 24.6. The number of amides is 2. The van der Waals surface area contributed by atoms with Crippen molar-refractivity contribution in [2.24, 2.45) is 0 Å². The summed E-state index contributed by atoms with van der Waals surface area (Å²) in [5, 5.41) is 2.57. The average molecular weight is 248 g/mol. The number of likely N-dealkylation sites (N-methyl/N-ethyl adjacent to an activating group) is 1. The first-order valence-corrected chi connectivity index (χ1v) is 5.79. The normalized spacial score (nSPS) is 19.8. The van der Waals surface area contributed by atoms with E-state index >= 15 is 0 Å². The molecule has 1 N–H and O–H groups in total. The molecule has 1 unspecified atom stereocenters. The van der Waals surface area contributed by atoms with Crippen molar-refractivity contribution in [1.29, 1.82) is 0 Å². The van der Waals surface area contributed by atoms with Gasteiger partial charge in [-0.3, -0.25) is 9.59 Å². The molecule has 0 aromatic heterocycles. The van der Waals surface area contributed by atoms with Crippen LogP contribution < -0.4 is 5.32 Å². The van der Waals surface area contributed by atoms with Crippen LogP contribution in [0.15, 0.2) is 24.3 Å². The van der Waals surface area contributed by atoms with Crippen molar-refractivity contribution in [2.75, 3.05) is 27.3 Å². The van der Waals surface area contributed by atoms with Crippen molar-refractivity contribution in [3.63, 3.8) is 0 Å². The van der Waals surface area contributed by atoms with Crippen LogP contribution in [0.4, 0.5) is 0 Å². The van der Waals surface area contributed by atoms with E-state index in [1.54, 1.807) is 31.1 Å². The van der Waals surface area contributed by atoms with Gasteiger partial charge in [0.2, 0.25) is 5.91 Å². The van der Waals surface area contributed by atoms with Crippen molar-refractivity contribution in [3.05, 3.63) is 35.4 Å². The molecule has 0 radical (unpaired) electrons. The number of rotatable bonds is 2. The molecule has 2 rings (SSSR count). The van der Waals surface area contributed by atoms with Gasteiger partial charge in [-0.25, -0.2) is 0 Å². The van der Waals surface area contributed by atoms with Crippen molar-refractivity contribution < 1.29 is 14.3 Å². The highest BCUT2D eigenvalue weighted by Gasteiger charge is 2.26. The maximum Gasteiger partial charge on any atom is 0.251 e. The molecule has 2 amide bonds. The van der Waals surface area contributed by atoms with Crippen LogP contribution >= 0.6 is 0 Å². The van der Waals surface area contributed by atoms with Crippen molar-refractivity contribution in [3.8, 4) is 0 Å². The smallest absolute Gasteiger partial charge is 0.251 e. The third-order valence-corrected chi connectivity index (χ3v) is 3.15. The Bertz CT molecular complexity index is 456. The zero-order valence-electron chi connectivity index (χ0n) is 10.5. The lowest BCUT2D eigenvalue weighted by atomic mass is 10.0. The van der Waals surface area contributed by atoms with E-state index in [4.69, 9.17) is 4.74 Å². The molecule has 1 aliphatic rings. The maximum atomic E-state index is 11.5. The van der Waals surface area contributed by atoms with E-state index in [-0.39, 0.29) is 24.5 Å². The fraction of sp³-hybridized carbons (Fsp3) is 0.385. The highest BCUT2D eigenvalue weighted by Crippen LogP contribution is 2.23. The third-order valence-electron chi connectivity index (χ3n) is 3.15. The van der Waals surface area contributed by atoms with E-state index in [1.165, 1.54) is 0 Å². The molecule has 1 heterocycles. The van der Waals surface area contributed by atoms with Gasteiger partial charge >= 0.3 is 0 Å². The van der Waals surface area contributed by atoms with Gasteiger partial charge in [-0.1, -0.05) is 12.1 Å². The highest BCUT2D eigenvalue weighted by atomic mass is 16.5. The zero-order valence-corrected chi connectivity index (χ0v) is 10.5. The Kier molecular flexibility index (Phi) is 3.62. The summed E-state index contributed by atoms with van der Waals surface area (Å²) in [5.74, 6) is -0.146. The lowest BCUT2D eigenvalue weighted by Gasteiger charge is -2.32. The lowest BCUT2D eigenvalue weighted by Crippen LogP contribution is -2.41. The van der Waals surface area contributed by atoms with E-state index in [2.05, 4.69) is 5.32 Å². The molecule has 5 nitrogen and oxygen atoms in total. The number of morpholine rings is 1. The van der Waals surface area contributed by atoms with Gasteiger partial charge in [0, 0.05) is 19.7 Å². The standard InChI is InChI=1S/C13H16N2O3/c1-14-13(17)10-5-3-9(4-6-10)11-7-18-8-12(16)15(11)2/h3-6,11H,7-8H2,1-2H3,(H,14,17). The van der Waals surface area contributed by atoms with Crippen LogP contribution in [0.1, 0.15) is 22.0 Å². The topological polar surface area (TPSA) is 58.6 Å². The Morgan fingerprint density at radius 1 is 1.39 bits per heavy atom. The van der Waals surface area contributed by atoms with Crippen LogP contribution in [0.2, 0.25) is 0 Å². The number of ether oxygens (including phenoxy) is 1. The van der Waals surface area contributed by atoms with Gasteiger partial charge in [-0.05, 0) is 17.7 Å². The minimum atomic E-state index is -0.120. The molecular weight excluding hydrogens is 232 g/mol. The summed E-state index contributed by atoms with van der Waals surface area (Å²) in [7, 11) is 3.36. The SMILES string of the molecule is CNC(=O)c1ccc(C2COCC(=O)N2C)cc1. The summed E-state index contributed by atoms with van der Waals surface area (Å²) in [6, 6.07) is 7.13. The largest absolute Gasteiger partial charge is 0.369 e. The van der Waals surface area contributed by atoms with Crippen LogP contribution in [0.3, 0.4) is 0 Å². The maximum absolute atomic E-state index is 11.5. The van der Waals surface area contributed by atoms with E-state index in [9.17, 15) is 9.59 Å². The van der Waals surface area contributed by atoms with Gasteiger partial charge in [-0.2, -0.15) is 0 Å². The van der Waals surface area contributed by atoms with Crippen molar-refractivity contribution >= 4 is 11.8 Å². The van der Waals surface area contributed by atoms with Gasteiger partial charge in [0.25, 0.3) is 5.91 Å². The Labute approximate surface area is 106 Å². The molecule has 96 valence electrons. The molecule has 1 aliphatic heterocycles. The summed E-state index contributed by atoms with van der Waals surface area (Å²) < 4.78 is 5.25. The summed E-state index contributed by atoms with van der Waals surface area (Å²) in [5.41, 5.74) is 1.57. The molecule has 1 aromatic rings. The van der Waals surface area contributed by atoms with Gasteiger partial charge < -0.3 is 15.0 Å². The van der Waals surface area contributed by atoms with E-state index in [0.29, 0.717) is 12.2 Å². The number of hydrogen-bond acceptors (Lipinski definition) is 3. The van der Waals surface area contributed by atoms with E-state index < -0.39 is 0 Å². The Hall–Kier alpha value is -1.88. The number of nitrogens with one attached hydrogen (secondary N) is 1. The molecule has 1 aromatic carbocycles. The minimum Gasteiger partial charge on any atom is -0.369 e. The summed E-state index contributed by atoms with van der Waals surface area (Å²) in [6.45, 7) is 0.630. The molecule has 0 spiro atoms. The molecule has 1 saturated heterocycles. The van der Waals surface area contributed by atoms with Crippen LogP contribution in [0.5, 0.6) is 0 Å². The molecule has 5 heteroatoms. The number of carbonyl (C=O) groups excluding carboxylic acids is 2. The molecular formula is C13H16N2O3. The lowest BCUT2D eigenvalue weighted by molar-refractivity contribution is -0.146. The predicted molar refractivity (Wildman–Crippen MR) is 66.2 cm³/mol. The minimum absolute atomic E-state index is 0.0263.